The van der Waals surface area contributed by atoms with Gasteiger partial charge in [-0.25, -0.2) is 8.78 Å². The van der Waals surface area contributed by atoms with Crippen molar-refractivity contribution in [3.8, 4) is 5.75 Å². The number of carbonyl (C=O) groups excluding carboxylic acids is 2. The maximum Gasteiger partial charge on any atom is 0.308 e. The zero-order chi connectivity index (χ0) is 11.6. The van der Waals surface area contributed by atoms with Crippen molar-refractivity contribution in [3.05, 3.63) is 29.3 Å². The molecule has 0 bridgehead atoms. The van der Waals surface area contributed by atoms with Crippen LogP contribution >= 0.6 is 11.6 Å². The van der Waals surface area contributed by atoms with Crippen LogP contribution in [0, 0.1) is 11.6 Å². The smallest absolute Gasteiger partial charge is 0.308 e. The van der Waals surface area contributed by atoms with Gasteiger partial charge in [0.2, 0.25) is 0 Å². The molecule has 80 valence electrons. The summed E-state index contributed by atoms with van der Waals surface area (Å²) in [6.07, 6.45) is 0. The van der Waals surface area contributed by atoms with Crippen molar-refractivity contribution in [3.63, 3.8) is 0 Å². The summed E-state index contributed by atoms with van der Waals surface area (Å²) in [5.74, 6) is -3.63. The zero-order valence-corrected chi connectivity index (χ0v) is 8.27. The second-order valence-corrected chi connectivity index (χ2v) is 2.97. The van der Waals surface area contributed by atoms with Crippen molar-refractivity contribution < 1.29 is 23.1 Å². The van der Waals surface area contributed by atoms with Gasteiger partial charge in [0.1, 0.15) is 5.75 Å². The molecule has 0 saturated heterocycles. The fourth-order valence-corrected chi connectivity index (χ4v) is 1.07. The number of halogens is 3. The Morgan fingerprint density at radius 2 is 1.80 bits per heavy atom. The summed E-state index contributed by atoms with van der Waals surface area (Å²) in [6.45, 7) is 1.06. The fraction of sp³-hybridized carbons (Fsp3) is 0.111. The summed E-state index contributed by atoms with van der Waals surface area (Å²) in [4.78, 5) is 21.4. The zero-order valence-electron chi connectivity index (χ0n) is 7.51. The largest absolute Gasteiger partial charge is 0.426 e. The normalized spacial score (nSPS) is 9.87. The molecule has 3 nitrogen and oxygen atoms in total. The maximum atomic E-state index is 12.8. The summed E-state index contributed by atoms with van der Waals surface area (Å²) in [5, 5.41) is -1.04. The molecule has 0 radical (unpaired) electrons. The molecular formula is C9H5ClF2O3. The van der Waals surface area contributed by atoms with E-state index in [2.05, 4.69) is 4.74 Å². The first-order chi connectivity index (χ1) is 6.91. The predicted octanol–water partition coefficient (Wildman–Crippen LogP) is 2.27. The van der Waals surface area contributed by atoms with E-state index in [1.54, 1.807) is 0 Å². The number of hydrogen-bond acceptors (Lipinski definition) is 3. The molecule has 1 rings (SSSR count). The highest BCUT2D eigenvalue weighted by Gasteiger charge is 2.16. The lowest BCUT2D eigenvalue weighted by Crippen LogP contribution is -2.06. The van der Waals surface area contributed by atoms with Gasteiger partial charge >= 0.3 is 5.97 Å². The highest BCUT2D eigenvalue weighted by Crippen LogP contribution is 2.24. The topological polar surface area (TPSA) is 43.4 Å². The lowest BCUT2D eigenvalue weighted by atomic mass is 10.2. The molecule has 0 heterocycles. The molecular weight excluding hydrogens is 230 g/mol. The van der Waals surface area contributed by atoms with Gasteiger partial charge in [-0.05, 0) is 17.7 Å². The minimum absolute atomic E-state index is 0.397. The third kappa shape index (κ3) is 2.73. The van der Waals surface area contributed by atoms with Crippen LogP contribution in [0.3, 0.4) is 0 Å². The van der Waals surface area contributed by atoms with Crippen molar-refractivity contribution in [2.24, 2.45) is 0 Å². The van der Waals surface area contributed by atoms with E-state index in [-0.39, 0.29) is 0 Å². The van der Waals surface area contributed by atoms with E-state index < -0.39 is 34.2 Å². The van der Waals surface area contributed by atoms with Crippen LogP contribution in [0.15, 0.2) is 12.1 Å². The van der Waals surface area contributed by atoms with Crippen LogP contribution in [-0.4, -0.2) is 11.2 Å². The Hall–Kier alpha value is -1.49. The summed E-state index contributed by atoms with van der Waals surface area (Å²) in [7, 11) is 0. The average molecular weight is 235 g/mol. The van der Waals surface area contributed by atoms with Gasteiger partial charge in [0.25, 0.3) is 5.24 Å². The number of ether oxygens (including phenoxy) is 1. The molecule has 0 atom stereocenters. The molecule has 0 saturated carbocycles. The Morgan fingerprint density at radius 3 is 2.27 bits per heavy atom. The number of benzene rings is 1. The van der Waals surface area contributed by atoms with Crippen LogP contribution in [0.4, 0.5) is 8.78 Å². The van der Waals surface area contributed by atoms with E-state index in [1.165, 1.54) is 0 Å². The Morgan fingerprint density at radius 1 is 1.27 bits per heavy atom. The van der Waals surface area contributed by atoms with E-state index in [4.69, 9.17) is 11.6 Å². The van der Waals surface area contributed by atoms with Crippen LogP contribution in [0.1, 0.15) is 17.3 Å². The number of hydrogen-bond donors (Lipinski definition) is 0. The maximum absolute atomic E-state index is 12.8. The minimum atomic E-state index is -1.24. The van der Waals surface area contributed by atoms with Gasteiger partial charge in [0.05, 0.1) is 5.56 Å². The van der Waals surface area contributed by atoms with E-state index in [0.29, 0.717) is 12.1 Å². The number of rotatable bonds is 2. The van der Waals surface area contributed by atoms with Crippen LogP contribution in [0.25, 0.3) is 0 Å². The van der Waals surface area contributed by atoms with Gasteiger partial charge in [0.15, 0.2) is 11.6 Å². The first-order valence-electron chi connectivity index (χ1n) is 3.79. The standard InChI is InChI=1S/C9H5ClF2O3/c1-4(13)15-8-3-7(12)6(11)2-5(8)9(10)14/h2-3H,1H3. The lowest BCUT2D eigenvalue weighted by molar-refractivity contribution is -0.131. The van der Waals surface area contributed by atoms with E-state index in [9.17, 15) is 18.4 Å². The molecule has 0 aromatic heterocycles. The summed E-state index contributed by atoms with van der Waals surface area (Å²) < 4.78 is 30.0. The van der Waals surface area contributed by atoms with E-state index in [0.717, 1.165) is 6.92 Å². The van der Waals surface area contributed by atoms with Gasteiger partial charge < -0.3 is 4.74 Å². The molecule has 0 aliphatic heterocycles. The van der Waals surface area contributed by atoms with Crippen LogP contribution < -0.4 is 4.74 Å². The second kappa shape index (κ2) is 4.35. The molecule has 6 heteroatoms. The molecule has 0 amide bonds. The van der Waals surface area contributed by atoms with Crippen LogP contribution in [0.2, 0.25) is 0 Å². The van der Waals surface area contributed by atoms with Gasteiger partial charge in [-0.1, -0.05) is 0 Å². The lowest BCUT2D eigenvalue weighted by Gasteiger charge is -2.05. The average Bonchev–Trinajstić information content (AvgIpc) is 2.09. The molecule has 1 aromatic carbocycles. The SMILES string of the molecule is CC(=O)Oc1cc(F)c(F)cc1C(=O)Cl. The first-order valence-corrected chi connectivity index (χ1v) is 4.17. The third-order valence-corrected chi connectivity index (χ3v) is 1.69. The number of carbonyl (C=O) groups is 2. The summed E-state index contributed by atoms with van der Waals surface area (Å²) >= 11 is 5.10. The molecule has 0 aliphatic rings. The van der Waals surface area contributed by atoms with Crippen molar-refractivity contribution in [2.75, 3.05) is 0 Å². The van der Waals surface area contributed by atoms with E-state index >= 15 is 0 Å². The fourth-order valence-electron chi connectivity index (χ4n) is 0.921. The van der Waals surface area contributed by atoms with Crippen molar-refractivity contribution in [1.82, 2.24) is 0 Å². The molecule has 0 unspecified atom stereocenters. The summed E-state index contributed by atoms with van der Waals surface area (Å²) in [6, 6.07) is 1.16. The molecule has 15 heavy (non-hydrogen) atoms. The molecule has 1 aromatic rings. The minimum Gasteiger partial charge on any atom is -0.426 e. The van der Waals surface area contributed by atoms with Crippen molar-refractivity contribution in [2.45, 2.75) is 6.92 Å². The Labute approximate surface area is 88.6 Å². The van der Waals surface area contributed by atoms with Gasteiger partial charge in [0, 0.05) is 13.0 Å². The molecule has 0 aliphatic carbocycles. The summed E-state index contributed by atoms with van der Waals surface area (Å²) in [5.41, 5.74) is -0.397. The Kier molecular flexibility index (Phi) is 3.36. The van der Waals surface area contributed by atoms with Gasteiger partial charge in [-0.2, -0.15) is 0 Å². The van der Waals surface area contributed by atoms with E-state index in [1.807, 2.05) is 0 Å². The van der Waals surface area contributed by atoms with Gasteiger partial charge in [-0.3, -0.25) is 9.59 Å². The third-order valence-electron chi connectivity index (χ3n) is 1.49. The van der Waals surface area contributed by atoms with Crippen LogP contribution in [0.5, 0.6) is 5.75 Å². The molecule has 0 fully saturated rings. The van der Waals surface area contributed by atoms with Gasteiger partial charge in [-0.15, -0.1) is 0 Å². The first kappa shape index (κ1) is 11.6. The van der Waals surface area contributed by atoms with Crippen molar-refractivity contribution >= 4 is 22.8 Å². The monoisotopic (exact) mass is 234 g/mol. The predicted molar refractivity (Wildman–Crippen MR) is 47.9 cm³/mol. The highest BCUT2D eigenvalue weighted by molar-refractivity contribution is 6.68. The highest BCUT2D eigenvalue weighted by atomic mass is 35.5. The molecule has 0 N–H and O–H groups in total. The second-order valence-electron chi connectivity index (χ2n) is 2.63. The molecule has 0 spiro atoms. The Bertz CT molecular complexity index is 432. The van der Waals surface area contributed by atoms with Crippen LogP contribution in [-0.2, 0) is 4.79 Å². The van der Waals surface area contributed by atoms with Crippen molar-refractivity contribution in [1.29, 1.82) is 0 Å². The Balaban J connectivity index is 3.28. The quantitative estimate of drug-likeness (QED) is 0.448. The number of esters is 1.